The summed E-state index contributed by atoms with van der Waals surface area (Å²) in [6.45, 7) is 0. The first-order valence-electron chi connectivity index (χ1n) is 37.9. The number of aromatic nitrogens is 6. The smallest absolute Gasteiger partial charge is 0.164 e. The van der Waals surface area contributed by atoms with Gasteiger partial charge in [-0.3, -0.25) is 0 Å². The summed E-state index contributed by atoms with van der Waals surface area (Å²) >= 11 is 3.64. The van der Waals surface area contributed by atoms with Crippen LogP contribution in [0.4, 0.5) is 0 Å². The Bertz CT molecular complexity index is 8080. The van der Waals surface area contributed by atoms with Crippen molar-refractivity contribution in [1.82, 2.24) is 29.9 Å². The second-order valence-electron chi connectivity index (χ2n) is 29.1. The van der Waals surface area contributed by atoms with Gasteiger partial charge in [0.05, 0.1) is 0 Å². The molecule has 0 aliphatic heterocycles. The number of fused-ring (bicyclic) bond motifs is 18. The number of rotatable bonds is 11. The molecule has 8 aromatic heterocycles. The summed E-state index contributed by atoms with van der Waals surface area (Å²) in [5.74, 6) is 3.42. The maximum atomic E-state index is 6.89. The van der Waals surface area contributed by atoms with E-state index in [4.69, 9.17) is 47.6 Å². The van der Waals surface area contributed by atoms with Crippen LogP contribution in [0.25, 0.3) is 252 Å². The lowest BCUT2D eigenvalue weighted by atomic mass is 9.90. The van der Waals surface area contributed by atoms with Crippen molar-refractivity contribution in [2.24, 2.45) is 0 Å². The third-order valence-electron chi connectivity index (χ3n) is 22.4. The number of furan rings is 4. The molecule has 10 nitrogen and oxygen atoms in total. The Kier molecular flexibility index (Phi) is 14.3. The van der Waals surface area contributed by atoms with Gasteiger partial charge in [0.25, 0.3) is 0 Å². The highest BCUT2D eigenvalue weighted by atomic mass is 32.1. The molecule has 8 heterocycles. The van der Waals surface area contributed by atoms with Crippen molar-refractivity contribution < 1.29 is 17.7 Å². The summed E-state index contributed by atoms with van der Waals surface area (Å²) in [7, 11) is 0. The highest BCUT2D eigenvalue weighted by Gasteiger charge is 2.26. The quantitative estimate of drug-likeness (QED) is 0.123. The van der Waals surface area contributed by atoms with E-state index in [0.29, 0.717) is 34.9 Å². The summed E-state index contributed by atoms with van der Waals surface area (Å²) in [6, 6.07) is 119. The van der Waals surface area contributed by atoms with Crippen molar-refractivity contribution in [3.8, 4) is 124 Å². The van der Waals surface area contributed by atoms with Gasteiger partial charge in [0, 0.05) is 128 Å². The fourth-order valence-corrected chi connectivity index (χ4v) is 19.5. The molecule has 0 aliphatic carbocycles. The Morgan fingerprint density at radius 2 is 0.588 bits per heavy atom. The fraction of sp³-hybridized carbons (Fsp3) is 0. The minimum absolute atomic E-state index is 0.533. The molecule has 0 atom stereocenters. The predicted molar refractivity (Wildman–Crippen MR) is 468 cm³/mol. The zero-order valence-corrected chi connectivity index (χ0v) is 62.1. The Hall–Kier alpha value is -14.8. The molecule has 0 amide bonds. The van der Waals surface area contributed by atoms with Gasteiger partial charge in [-0.2, -0.15) is 0 Å². The van der Waals surface area contributed by atoms with Crippen molar-refractivity contribution >= 4 is 151 Å². The predicted octanol–water partition coefficient (Wildman–Crippen LogP) is 28.7. The third-order valence-corrected chi connectivity index (χ3v) is 24.8. The van der Waals surface area contributed by atoms with E-state index in [0.717, 1.165) is 177 Å². The SMILES string of the molecule is c1ccc(-c2nc(-c3ccccc3)nc(-c3ccc4c(c3)oc3ccc(-c5cc(-c6ccc(-c7cccc(-c8nc(-c9ccccc9)nc(-c9ccc%10c(c9)oc9ccc(-c%11cc(-c%12cccc%13c%12sc%12ccccc%12%13)c%12oc%13ccccc%13c%12c%11)cc9%10)n8)c7)c7sc8ccccc8c67)c6c(c5)oc5ccccc56)cc34)n2)cc1. The summed E-state index contributed by atoms with van der Waals surface area (Å²) < 4.78 is 32.0. The molecule has 0 saturated heterocycles. The summed E-state index contributed by atoms with van der Waals surface area (Å²) in [5, 5.41) is 13.1. The number of hydrogen-bond donors (Lipinski definition) is 0. The van der Waals surface area contributed by atoms with E-state index in [2.05, 4.69) is 231 Å². The lowest BCUT2D eigenvalue weighted by Gasteiger charge is -2.13. The standard InChI is InChI=1S/C102H56N6O4S2/c1-4-20-57(21-5-1)97-103-98(58-22-6-2-7-23-58)106-101(105-97)64-38-42-71-79-50-61(41-47-86(79)110-87(71)54-64)67-51-80(92-76-30-11-15-35-84(76)111-89(92)56-67)73-45-44-68(96-93(73)77-31-13-17-37-91(77)114-96)62-26-18-27-63(48-62)100-104-99(59-24-8-3-9-25-59)107-102(108-100)65-39-43-70-78-49-60(40-46-85(78)109-88(70)55-65)66-52-81-69-28-10-14-34-83(69)112-94(81)82(53-66)75-33-19-32-74-72-29-12-16-36-90(72)113-95(74)75/h1-56H. The maximum Gasteiger partial charge on any atom is 0.164 e. The number of para-hydroxylation sites is 2. The van der Waals surface area contributed by atoms with E-state index < -0.39 is 0 Å². The fourth-order valence-electron chi connectivity index (χ4n) is 17.0. The zero-order chi connectivity index (χ0) is 74.6. The van der Waals surface area contributed by atoms with Crippen LogP contribution in [0.2, 0.25) is 0 Å². The van der Waals surface area contributed by atoms with Gasteiger partial charge in [-0.05, 0) is 148 Å². The van der Waals surface area contributed by atoms with Crippen LogP contribution in [-0.4, -0.2) is 29.9 Å². The van der Waals surface area contributed by atoms with Crippen molar-refractivity contribution in [1.29, 1.82) is 0 Å². The zero-order valence-electron chi connectivity index (χ0n) is 60.5. The Balaban J connectivity index is 0.598. The number of nitrogens with zero attached hydrogens (tertiary/aromatic N) is 6. The normalized spacial score (nSPS) is 12.0. The monoisotopic (exact) mass is 1490 g/mol. The third kappa shape index (κ3) is 10.4. The van der Waals surface area contributed by atoms with Gasteiger partial charge in [-0.25, -0.2) is 29.9 Å². The van der Waals surface area contributed by atoms with Crippen molar-refractivity contribution in [2.45, 2.75) is 0 Å². The number of benzene rings is 16. The highest BCUT2D eigenvalue weighted by Crippen LogP contribution is 2.51. The Morgan fingerprint density at radius 3 is 1.21 bits per heavy atom. The van der Waals surface area contributed by atoms with Crippen LogP contribution in [0.15, 0.2) is 357 Å². The highest BCUT2D eigenvalue weighted by molar-refractivity contribution is 7.26. The first-order chi connectivity index (χ1) is 56.4. The average molecular weight is 1490 g/mol. The largest absolute Gasteiger partial charge is 0.456 e. The lowest BCUT2D eigenvalue weighted by molar-refractivity contribution is 0.668. The first kappa shape index (κ1) is 64.0. The van der Waals surface area contributed by atoms with Crippen LogP contribution in [0.5, 0.6) is 0 Å². The van der Waals surface area contributed by atoms with E-state index >= 15 is 0 Å². The van der Waals surface area contributed by atoms with Gasteiger partial charge >= 0.3 is 0 Å². The molecular formula is C102H56N6O4S2. The van der Waals surface area contributed by atoms with E-state index in [1.807, 2.05) is 132 Å². The molecule has 530 valence electrons. The Labute approximate surface area is 657 Å². The molecule has 0 saturated carbocycles. The second kappa shape index (κ2) is 25.4. The molecule has 0 bridgehead atoms. The van der Waals surface area contributed by atoms with Gasteiger partial charge in [0.15, 0.2) is 34.9 Å². The van der Waals surface area contributed by atoms with E-state index in [-0.39, 0.29) is 0 Å². The van der Waals surface area contributed by atoms with Gasteiger partial charge in [0.2, 0.25) is 0 Å². The molecule has 24 aromatic rings. The van der Waals surface area contributed by atoms with Gasteiger partial charge in [-0.15, -0.1) is 22.7 Å². The molecule has 24 rings (SSSR count). The van der Waals surface area contributed by atoms with Crippen LogP contribution < -0.4 is 0 Å². The molecule has 114 heavy (non-hydrogen) atoms. The van der Waals surface area contributed by atoms with Gasteiger partial charge in [-0.1, -0.05) is 237 Å². The summed E-state index contributed by atoms with van der Waals surface area (Å²) in [4.78, 5) is 30.9. The molecule has 16 aromatic carbocycles. The van der Waals surface area contributed by atoms with Gasteiger partial charge in [0.1, 0.15) is 44.7 Å². The van der Waals surface area contributed by atoms with Crippen molar-refractivity contribution in [3.63, 3.8) is 0 Å². The molecule has 0 unspecified atom stereocenters. The lowest BCUT2D eigenvalue weighted by Crippen LogP contribution is -2.00. The molecular weight excluding hydrogens is 1440 g/mol. The Morgan fingerprint density at radius 1 is 0.175 bits per heavy atom. The van der Waals surface area contributed by atoms with E-state index in [1.54, 1.807) is 0 Å². The minimum Gasteiger partial charge on any atom is -0.456 e. The molecule has 0 N–H and O–H groups in total. The van der Waals surface area contributed by atoms with Crippen LogP contribution in [0, 0.1) is 0 Å². The molecule has 12 heteroatoms. The number of thiophene rings is 2. The second-order valence-corrected chi connectivity index (χ2v) is 31.2. The molecule has 0 aliphatic rings. The minimum atomic E-state index is 0.533. The van der Waals surface area contributed by atoms with Crippen LogP contribution >= 0.6 is 22.7 Å². The maximum absolute atomic E-state index is 6.89. The first-order valence-corrected chi connectivity index (χ1v) is 39.5. The van der Waals surface area contributed by atoms with Crippen LogP contribution in [-0.2, 0) is 0 Å². The average Bonchev–Trinajstić information content (AvgIpc) is 1.57. The summed E-state index contributed by atoms with van der Waals surface area (Å²) in [5.41, 5.74) is 22.3. The van der Waals surface area contributed by atoms with Crippen molar-refractivity contribution in [3.05, 3.63) is 340 Å². The van der Waals surface area contributed by atoms with Crippen molar-refractivity contribution in [2.75, 3.05) is 0 Å². The molecule has 0 fully saturated rings. The van der Waals surface area contributed by atoms with Crippen LogP contribution in [0.1, 0.15) is 0 Å². The van der Waals surface area contributed by atoms with Gasteiger partial charge < -0.3 is 17.7 Å². The topological polar surface area (TPSA) is 130 Å². The molecule has 0 radical (unpaired) electrons. The number of hydrogen-bond acceptors (Lipinski definition) is 12. The van der Waals surface area contributed by atoms with E-state index in [9.17, 15) is 0 Å². The summed E-state index contributed by atoms with van der Waals surface area (Å²) in [6.07, 6.45) is 0. The van der Waals surface area contributed by atoms with E-state index in [1.165, 1.54) is 40.3 Å². The molecule has 0 spiro atoms. The van der Waals surface area contributed by atoms with Crippen LogP contribution in [0.3, 0.4) is 0 Å².